The first-order chi connectivity index (χ1) is 13.2. The molecule has 0 fully saturated rings. The van der Waals surface area contributed by atoms with Gasteiger partial charge in [-0.25, -0.2) is 9.07 Å². The third-order valence-electron chi connectivity index (χ3n) is 4.05. The first-order valence-electron chi connectivity index (χ1n) is 7.92. The zero-order chi connectivity index (χ0) is 20.1. The standard InChI is InChI=1S/C18H10ClF4N3O2/c19-12-6-15-13(24-17(27)8-28-15)5-11(12)14-7-16(18(21,22)23)25-26(14)10-3-1-9(20)2-4-10/h1-7H,8H2,(H,24,27). The highest BCUT2D eigenvalue weighted by Crippen LogP contribution is 2.41. The van der Waals surface area contributed by atoms with E-state index in [2.05, 4.69) is 10.4 Å². The van der Waals surface area contributed by atoms with E-state index in [0.29, 0.717) is 5.75 Å². The van der Waals surface area contributed by atoms with Crippen LogP contribution >= 0.6 is 11.6 Å². The van der Waals surface area contributed by atoms with E-state index in [9.17, 15) is 22.4 Å². The van der Waals surface area contributed by atoms with E-state index in [1.807, 2.05) is 0 Å². The number of amides is 1. The molecule has 1 amide bonds. The van der Waals surface area contributed by atoms with Crippen molar-refractivity contribution in [3.63, 3.8) is 0 Å². The maximum absolute atomic E-state index is 13.3. The fourth-order valence-corrected chi connectivity index (χ4v) is 3.04. The Morgan fingerprint density at radius 3 is 2.54 bits per heavy atom. The number of aromatic nitrogens is 2. The second-order valence-electron chi connectivity index (χ2n) is 5.97. The van der Waals surface area contributed by atoms with Crippen LogP contribution < -0.4 is 10.1 Å². The topological polar surface area (TPSA) is 56.1 Å². The first kappa shape index (κ1) is 18.3. The Bertz CT molecular complexity index is 1080. The molecule has 0 spiro atoms. The van der Waals surface area contributed by atoms with Gasteiger partial charge in [0.1, 0.15) is 11.6 Å². The van der Waals surface area contributed by atoms with Gasteiger partial charge >= 0.3 is 6.18 Å². The van der Waals surface area contributed by atoms with Gasteiger partial charge in [0, 0.05) is 11.6 Å². The molecule has 144 valence electrons. The Morgan fingerprint density at radius 2 is 1.86 bits per heavy atom. The molecule has 0 aliphatic carbocycles. The minimum absolute atomic E-state index is 0.0200. The van der Waals surface area contributed by atoms with E-state index in [4.69, 9.17) is 16.3 Å². The quantitative estimate of drug-likeness (QED) is 0.623. The van der Waals surface area contributed by atoms with Crippen LogP contribution in [-0.2, 0) is 11.0 Å². The third-order valence-corrected chi connectivity index (χ3v) is 4.36. The third kappa shape index (κ3) is 3.29. The number of halogens is 5. The average molecular weight is 412 g/mol. The van der Waals surface area contributed by atoms with Gasteiger partial charge in [-0.2, -0.15) is 18.3 Å². The number of carbonyl (C=O) groups is 1. The number of hydrogen-bond donors (Lipinski definition) is 1. The van der Waals surface area contributed by atoms with Crippen molar-refractivity contribution in [2.24, 2.45) is 0 Å². The molecule has 2 heterocycles. The number of ether oxygens (including phenoxy) is 1. The minimum atomic E-state index is -4.70. The van der Waals surface area contributed by atoms with Gasteiger partial charge in [-0.15, -0.1) is 0 Å². The number of rotatable bonds is 2. The van der Waals surface area contributed by atoms with Gasteiger partial charge in [0.15, 0.2) is 12.3 Å². The number of nitrogens with one attached hydrogen (secondary N) is 1. The van der Waals surface area contributed by atoms with Gasteiger partial charge in [0.2, 0.25) is 0 Å². The average Bonchev–Trinajstić information content (AvgIpc) is 3.07. The molecule has 1 aliphatic heterocycles. The minimum Gasteiger partial charge on any atom is -0.482 e. The molecule has 0 unspecified atom stereocenters. The highest BCUT2D eigenvalue weighted by atomic mass is 35.5. The summed E-state index contributed by atoms with van der Waals surface area (Å²) in [6.07, 6.45) is -4.70. The molecule has 0 atom stereocenters. The van der Waals surface area contributed by atoms with Gasteiger partial charge in [-0.1, -0.05) is 11.6 Å². The van der Waals surface area contributed by atoms with E-state index in [1.165, 1.54) is 24.3 Å². The lowest BCUT2D eigenvalue weighted by Gasteiger charge is -2.19. The van der Waals surface area contributed by atoms with E-state index in [1.54, 1.807) is 0 Å². The summed E-state index contributed by atoms with van der Waals surface area (Å²) in [7, 11) is 0. The summed E-state index contributed by atoms with van der Waals surface area (Å²) < 4.78 is 59.3. The Hall–Kier alpha value is -3.07. The molecule has 0 bridgehead atoms. The van der Waals surface area contributed by atoms with Crippen LogP contribution in [0.5, 0.6) is 5.75 Å². The van der Waals surface area contributed by atoms with Crippen LogP contribution in [0.15, 0.2) is 42.5 Å². The second kappa shape index (κ2) is 6.52. The zero-order valence-corrected chi connectivity index (χ0v) is 14.6. The maximum Gasteiger partial charge on any atom is 0.435 e. The second-order valence-corrected chi connectivity index (χ2v) is 6.37. The summed E-state index contributed by atoms with van der Waals surface area (Å²) >= 11 is 6.27. The number of hydrogen-bond acceptors (Lipinski definition) is 3. The van der Waals surface area contributed by atoms with Crippen molar-refractivity contribution in [1.29, 1.82) is 0 Å². The van der Waals surface area contributed by atoms with Crippen molar-refractivity contribution < 1.29 is 27.1 Å². The molecule has 0 saturated heterocycles. The van der Waals surface area contributed by atoms with E-state index >= 15 is 0 Å². The van der Waals surface area contributed by atoms with E-state index in [-0.39, 0.29) is 34.3 Å². The van der Waals surface area contributed by atoms with Gasteiger partial charge in [0.05, 0.1) is 22.1 Å². The largest absolute Gasteiger partial charge is 0.482 e. The predicted molar refractivity (Wildman–Crippen MR) is 93.1 cm³/mol. The van der Waals surface area contributed by atoms with Crippen LogP contribution in [0.3, 0.4) is 0 Å². The van der Waals surface area contributed by atoms with Crippen LogP contribution in [0.1, 0.15) is 5.69 Å². The molecule has 4 rings (SSSR count). The number of anilines is 1. The first-order valence-corrected chi connectivity index (χ1v) is 8.30. The molecule has 1 N–H and O–H groups in total. The summed E-state index contributed by atoms with van der Waals surface area (Å²) in [5.74, 6) is -0.638. The smallest absolute Gasteiger partial charge is 0.435 e. The lowest BCUT2D eigenvalue weighted by Crippen LogP contribution is -2.25. The Morgan fingerprint density at radius 1 is 1.14 bits per heavy atom. The number of carbonyl (C=O) groups excluding carboxylic acids is 1. The van der Waals surface area contributed by atoms with E-state index < -0.39 is 23.6 Å². The molecule has 2 aromatic carbocycles. The molecule has 28 heavy (non-hydrogen) atoms. The van der Waals surface area contributed by atoms with Crippen molar-refractivity contribution in [3.05, 3.63) is 59.0 Å². The van der Waals surface area contributed by atoms with Crippen LogP contribution in [0.25, 0.3) is 16.9 Å². The Labute approximate surface area is 160 Å². The zero-order valence-electron chi connectivity index (χ0n) is 13.8. The molecule has 1 aliphatic rings. The fourth-order valence-electron chi connectivity index (χ4n) is 2.79. The van der Waals surface area contributed by atoms with Gasteiger partial charge in [-0.3, -0.25) is 4.79 Å². The molecule has 1 aromatic heterocycles. The highest BCUT2D eigenvalue weighted by Gasteiger charge is 2.35. The van der Waals surface area contributed by atoms with Crippen molar-refractivity contribution in [2.75, 3.05) is 11.9 Å². The van der Waals surface area contributed by atoms with Crippen LogP contribution in [-0.4, -0.2) is 22.3 Å². The Balaban J connectivity index is 1.92. The summed E-state index contributed by atoms with van der Waals surface area (Å²) in [5, 5.41) is 6.30. The van der Waals surface area contributed by atoms with Gasteiger partial charge < -0.3 is 10.1 Å². The monoisotopic (exact) mass is 411 g/mol. The van der Waals surface area contributed by atoms with Crippen LogP contribution in [0.4, 0.5) is 23.2 Å². The SMILES string of the molecule is O=C1COc2cc(Cl)c(-c3cc(C(F)(F)F)nn3-c3ccc(F)cc3)cc2N1. The molecule has 10 heteroatoms. The van der Waals surface area contributed by atoms with Crippen LogP contribution in [0.2, 0.25) is 5.02 Å². The fraction of sp³-hybridized carbons (Fsp3) is 0.111. The molecule has 5 nitrogen and oxygen atoms in total. The number of alkyl halides is 3. The Kier molecular flexibility index (Phi) is 4.26. The van der Waals surface area contributed by atoms with Gasteiger partial charge in [0.25, 0.3) is 5.91 Å². The number of benzene rings is 2. The van der Waals surface area contributed by atoms with Crippen LogP contribution in [0, 0.1) is 5.82 Å². The normalized spacial score (nSPS) is 13.7. The van der Waals surface area contributed by atoms with Crippen molar-refractivity contribution >= 4 is 23.2 Å². The van der Waals surface area contributed by atoms with Crippen molar-refractivity contribution in [1.82, 2.24) is 9.78 Å². The molecule has 0 radical (unpaired) electrons. The number of nitrogens with zero attached hydrogens (tertiary/aromatic N) is 2. The predicted octanol–water partition coefficient (Wildman–Crippen LogP) is 4.68. The molecule has 3 aromatic rings. The lowest BCUT2D eigenvalue weighted by molar-refractivity contribution is -0.141. The summed E-state index contributed by atoms with van der Waals surface area (Å²) in [5.41, 5.74) is -0.442. The summed E-state index contributed by atoms with van der Waals surface area (Å²) in [6, 6.07) is 8.45. The molecular formula is C18H10ClF4N3O2. The lowest BCUT2D eigenvalue weighted by atomic mass is 10.1. The summed E-state index contributed by atoms with van der Waals surface area (Å²) in [4.78, 5) is 11.5. The number of fused-ring (bicyclic) bond motifs is 1. The maximum atomic E-state index is 13.3. The van der Waals surface area contributed by atoms with E-state index in [0.717, 1.165) is 22.9 Å². The highest BCUT2D eigenvalue weighted by molar-refractivity contribution is 6.33. The van der Waals surface area contributed by atoms with Gasteiger partial charge in [-0.05, 0) is 36.4 Å². The summed E-state index contributed by atoms with van der Waals surface area (Å²) in [6.45, 7) is -0.186. The molecular weight excluding hydrogens is 402 g/mol. The van der Waals surface area contributed by atoms with Crippen molar-refractivity contribution in [2.45, 2.75) is 6.18 Å². The molecule has 0 saturated carbocycles. The van der Waals surface area contributed by atoms with Crippen molar-refractivity contribution in [3.8, 4) is 22.7 Å².